The molecule has 1 aromatic rings. The van der Waals surface area contributed by atoms with Crippen molar-refractivity contribution in [3.63, 3.8) is 0 Å². The molecule has 1 unspecified atom stereocenters. The lowest BCUT2D eigenvalue weighted by Gasteiger charge is -2.14. The molecule has 1 aromatic carbocycles. The van der Waals surface area contributed by atoms with Gasteiger partial charge in [0.2, 0.25) is 0 Å². The van der Waals surface area contributed by atoms with Crippen LogP contribution >= 0.6 is 0 Å². The Morgan fingerprint density at radius 3 is 2.64 bits per heavy atom. The minimum atomic E-state index is -0.215. The zero-order valence-corrected chi connectivity index (χ0v) is 9.20. The molecule has 0 heterocycles. The lowest BCUT2D eigenvalue weighted by molar-refractivity contribution is 0.171. The molecule has 0 spiro atoms. The van der Waals surface area contributed by atoms with Gasteiger partial charge >= 0.3 is 0 Å². The average molecular weight is 193 g/mol. The Bertz CT molecular complexity index is 283. The van der Waals surface area contributed by atoms with Crippen molar-refractivity contribution in [3.05, 3.63) is 29.8 Å². The first-order valence-corrected chi connectivity index (χ1v) is 5.07. The zero-order chi connectivity index (χ0) is 10.6. The van der Waals surface area contributed by atoms with Crippen LogP contribution in [0.4, 0.5) is 5.69 Å². The molecule has 0 radical (unpaired) electrons. The molecule has 0 aromatic heterocycles. The van der Waals surface area contributed by atoms with E-state index in [2.05, 4.69) is 23.1 Å². The van der Waals surface area contributed by atoms with Gasteiger partial charge in [-0.15, -0.1) is 0 Å². The fraction of sp³-hybridized carbons (Fsp3) is 0.500. The number of aliphatic hydroxyl groups excluding tert-OH is 1. The second-order valence-electron chi connectivity index (χ2n) is 3.83. The first-order chi connectivity index (χ1) is 6.63. The summed E-state index contributed by atoms with van der Waals surface area (Å²) >= 11 is 0. The fourth-order valence-corrected chi connectivity index (χ4v) is 1.38. The third-order valence-electron chi connectivity index (χ3n) is 2.37. The minimum Gasteiger partial charge on any atom is -0.393 e. The summed E-state index contributed by atoms with van der Waals surface area (Å²) in [6.45, 7) is 2.00. The van der Waals surface area contributed by atoms with E-state index in [1.807, 2.05) is 27.1 Å². The van der Waals surface area contributed by atoms with E-state index < -0.39 is 0 Å². The Kier molecular flexibility index (Phi) is 3.96. The zero-order valence-electron chi connectivity index (χ0n) is 9.20. The molecule has 14 heavy (non-hydrogen) atoms. The Balaban J connectivity index is 2.73. The van der Waals surface area contributed by atoms with Crippen LogP contribution in [-0.2, 0) is 6.42 Å². The van der Waals surface area contributed by atoms with Crippen molar-refractivity contribution in [2.45, 2.75) is 25.9 Å². The first kappa shape index (κ1) is 11.1. The maximum Gasteiger partial charge on any atom is 0.0577 e. The molecule has 0 aliphatic carbocycles. The molecule has 2 heteroatoms. The molecule has 2 nitrogen and oxygen atoms in total. The van der Waals surface area contributed by atoms with Crippen LogP contribution in [0.5, 0.6) is 0 Å². The molecule has 78 valence electrons. The topological polar surface area (TPSA) is 23.5 Å². The van der Waals surface area contributed by atoms with Crippen molar-refractivity contribution >= 4 is 5.69 Å². The first-order valence-electron chi connectivity index (χ1n) is 5.07. The average Bonchev–Trinajstić information content (AvgIpc) is 2.18. The van der Waals surface area contributed by atoms with E-state index >= 15 is 0 Å². The van der Waals surface area contributed by atoms with E-state index in [0.29, 0.717) is 0 Å². The molecule has 0 aliphatic heterocycles. The molecule has 1 atom stereocenters. The molecule has 0 bridgehead atoms. The summed E-state index contributed by atoms with van der Waals surface area (Å²) in [4.78, 5) is 2.07. The van der Waals surface area contributed by atoms with Crippen LogP contribution in [0.1, 0.15) is 18.9 Å². The van der Waals surface area contributed by atoms with E-state index in [4.69, 9.17) is 0 Å². The van der Waals surface area contributed by atoms with Crippen LogP contribution in [0, 0.1) is 0 Å². The van der Waals surface area contributed by atoms with Gasteiger partial charge in [0.25, 0.3) is 0 Å². The van der Waals surface area contributed by atoms with Crippen LogP contribution < -0.4 is 4.90 Å². The molecular formula is C12H19NO. The van der Waals surface area contributed by atoms with E-state index in [0.717, 1.165) is 12.8 Å². The summed E-state index contributed by atoms with van der Waals surface area (Å²) < 4.78 is 0. The standard InChI is InChI=1S/C12H19NO/c1-4-12(14)9-10-6-5-7-11(8-10)13(2)3/h5-8,12,14H,4,9H2,1-3H3. The number of hydrogen-bond donors (Lipinski definition) is 1. The molecular weight excluding hydrogens is 174 g/mol. The monoisotopic (exact) mass is 193 g/mol. The number of nitrogens with zero attached hydrogens (tertiary/aromatic N) is 1. The molecule has 0 aliphatic rings. The number of hydrogen-bond acceptors (Lipinski definition) is 2. The van der Waals surface area contributed by atoms with Gasteiger partial charge in [-0.2, -0.15) is 0 Å². The second-order valence-corrected chi connectivity index (χ2v) is 3.83. The molecule has 1 N–H and O–H groups in total. The Morgan fingerprint density at radius 2 is 2.07 bits per heavy atom. The van der Waals surface area contributed by atoms with Gasteiger partial charge in [-0.3, -0.25) is 0 Å². The summed E-state index contributed by atoms with van der Waals surface area (Å²) in [7, 11) is 4.05. The summed E-state index contributed by atoms with van der Waals surface area (Å²) in [6, 6.07) is 8.29. The van der Waals surface area contributed by atoms with Gasteiger partial charge in [-0.05, 0) is 30.5 Å². The molecule has 0 amide bonds. The Hall–Kier alpha value is -1.02. The van der Waals surface area contributed by atoms with Crippen LogP contribution in [0.3, 0.4) is 0 Å². The van der Waals surface area contributed by atoms with Crippen LogP contribution in [0.15, 0.2) is 24.3 Å². The van der Waals surface area contributed by atoms with Gasteiger partial charge in [0.05, 0.1) is 6.10 Å². The van der Waals surface area contributed by atoms with Crippen molar-refractivity contribution in [3.8, 4) is 0 Å². The van der Waals surface area contributed by atoms with Crippen molar-refractivity contribution in [2.24, 2.45) is 0 Å². The van der Waals surface area contributed by atoms with E-state index in [9.17, 15) is 5.11 Å². The normalized spacial score (nSPS) is 12.6. The number of rotatable bonds is 4. The number of benzene rings is 1. The van der Waals surface area contributed by atoms with Crippen LogP contribution in [0.2, 0.25) is 0 Å². The van der Waals surface area contributed by atoms with Crippen LogP contribution in [0.25, 0.3) is 0 Å². The maximum atomic E-state index is 9.53. The highest BCUT2D eigenvalue weighted by molar-refractivity contribution is 5.47. The molecule has 1 rings (SSSR count). The van der Waals surface area contributed by atoms with Crippen molar-refractivity contribution < 1.29 is 5.11 Å². The van der Waals surface area contributed by atoms with Gasteiger partial charge in [0.1, 0.15) is 0 Å². The van der Waals surface area contributed by atoms with E-state index in [-0.39, 0.29) is 6.10 Å². The van der Waals surface area contributed by atoms with Gasteiger partial charge in [-0.25, -0.2) is 0 Å². The molecule has 0 saturated carbocycles. The van der Waals surface area contributed by atoms with E-state index in [1.54, 1.807) is 0 Å². The molecule has 0 saturated heterocycles. The predicted molar refractivity (Wildman–Crippen MR) is 60.8 cm³/mol. The largest absolute Gasteiger partial charge is 0.393 e. The van der Waals surface area contributed by atoms with Crippen molar-refractivity contribution in [1.82, 2.24) is 0 Å². The number of anilines is 1. The summed E-state index contributed by atoms with van der Waals surface area (Å²) in [6.07, 6.45) is 1.34. The van der Waals surface area contributed by atoms with Gasteiger partial charge in [0, 0.05) is 19.8 Å². The molecule has 0 fully saturated rings. The minimum absolute atomic E-state index is 0.215. The predicted octanol–water partition coefficient (Wildman–Crippen LogP) is 2.07. The summed E-state index contributed by atoms with van der Waals surface area (Å²) in [5.74, 6) is 0. The lowest BCUT2D eigenvalue weighted by atomic mass is 10.1. The second kappa shape index (κ2) is 5.01. The highest BCUT2D eigenvalue weighted by Crippen LogP contribution is 2.15. The number of aliphatic hydroxyl groups is 1. The van der Waals surface area contributed by atoms with Crippen LogP contribution in [-0.4, -0.2) is 25.3 Å². The maximum absolute atomic E-state index is 9.53. The fourth-order valence-electron chi connectivity index (χ4n) is 1.38. The van der Waals surface area contributed by atoms with Gasteiger partial charge in [0.15, 0.2) is 0 Å². The van der Waals surface area contributed by atoms with E-state index in [1.165, 1.54) is 11.3 Å². The Labute approximate surface area is 86.2 Å². The highest BCUT2D eigenvalue weighted by atomic mass is 16.3. The third kappa shape index (κ3) is 3.04. The van der Waals surface area contributed by atoms with Gasteiger partial charge < -0.3 is 10.0 Å². The third-order valence-corrected chi connectivity index (χ3v) is 2.37. The lowest BCUT2D eigenvalue weighted by Crippen LogP contribution is -2.11. The quantitative estimate of drug-likeness (QED) is 0.791. The smallest absolute Gasteiger partial charge is 0.0577 e. The SMILES string of the molecule is CCC(O)Cc1cccc(N(C)C)c1. The summed E-state index contributed by atoms with van der Waals surface area (Å²) in [5.41, 5.74) is 2.39. The highest BCUT2D eigenvalue weighted by Gasteiger charge is 2.03. The van der Waals surface area contributed by atoms with Crippen molar-refractivity contribution in [1.29, 1.82) is 0 Å². The van der Waals surface area contributed by atoms with Gasteiger partial charge in [-0.1, -0.05) is 19.1 Å². The summed E-state index contributed by atoms with van der Waals surface area (Å²) in [5, 5.41) is 9.53. The van der Waals surface area contributed by atoms with Crippen molar-refractivity contribution in [2.75, 3.05) is 19.0 Å². The Morgan fingerprint density at radius 1 is 1.36 bits per heavy atom.